The van der Waals surface area contributed by atoms with Crippen LogP contribution in [0.1, 0.15) is 34.6 Å². The molecule has 1 fully saturated rings. The highest BCUT2D eigenvalue weighted by molar-refractivity contribution is 14.0. The van der Waals surface area contributed by atoms with Crippen LogP contribution in [0.4, 0.5) is 0 Å². The summed E-state index contributed by atoms with van der Waals surface area (Å²) < 4.78 is 23.8. The summed E-state index contributed by atoms with van der Waals surface area (Å²) in [6, 6.07) is 0.260. The van der Waals surface area contributed by atoms with E-state index >= 15 is 0 Å². The van der Waals surface area contributed by atoms with Gasteiger partial charge in [-0.25, -0.2) is 8.42 Å². The van der Waals surface area contributed by atoms with Crippen molar-refractivity contribution in [1.82, 2.24) is 15.1 Å². The van der Waals surface area contributed by atoms with E-state index in [1.165, 1.54) is 0 Å². The molecule has 0 aromatic heterocycles. The van der Waals surface area contributed by atoms with Crippen molar-refractivity contribution in [2.45, 2.75) is 45.4 Å². The van der Waals surface area contributed by atoms with Crippen molar-refractivity contribution in [1.29, 1.82) is 0 Å². The van der Waals surface area contributed by atoms with Crippen LogP contribution in [0.15, 0.2) is 30.3 Å². The van der Waals surface area contributed by atoms with E-state index in [2.05, 4.69) is 42.1 Å². The van der Waals surface area contributed by atoms with Gasteiger partial charge in [0.05, 0.1) is 17.0 Å². The smallest absolute Gasteiger partial charge is 0.194 e. The van der Waals surface area contributed by atoms with Crippen LogP contribution in [0, 0.1) is 5.92 Å². The van der Waals surface area contributed by atoms with Crippen molar-refractivity contribution in [3.05, 3.63) is 25.3 Å². The van der Waals surface area contributed by atoms with Crippen molar-refractivity contribution in [3.8, 4) is 0 Å². The van der Waals surface area contributed by atoms with E-state index in [4.69, 9.17) is 4.99 Å². The number of hydrogen-bond acceptors (Lipinski definition) is 4. The summed E-state index contributed by atoms with van der Waals surface area (Å²) in [4.78, 5) is 9.28. The Morgan fingerprint density at radius 3 is 2.29 bits per heavy atom. The highest BCUT2D eigenvalue weighted by Crippen LogP contribution is 2.24. The lowest BCUT2D eigenvalue weighted by molar-refractivity contribution is 0.195. The first-order chi connectivity index (χ1) is 12.6. The lowest BCUT2D eigenvalue weighted by atomic mass is 10.0. The Hall–Kier alpha value is -0.610. The van der Waals surface area contributed by atoms with Crippen LogP contribution >= 0.6 is 24.0 Å². The van der Waals surface area contributed by atoms with Gasteiger partial charge in [0.1, 0.15) is 0 Å². The monoisotopic (exact) mass is 526 g/mol. The SMILES string of the molecule is C=CCN(CC=C)C(CN=C(NCC)N1CCS(=O)(=O)C(C)(C)C1)C(C)C.I. The van der Waals surface area contributed by atoms with Crippen molar-refractivity contribution < 1.29 is 8.42 Å². The van der Waals surface area contributed by atoms with Crippen molar-refractivity contribution in [3.63, 3.8) is 0 Å². The Bertz CT molecular complexity index is 622. The first-order valence-corrected chi connectivity index (χ1v) is 11.5. The second-order valence-corrected chi connectivity index (χ2v) is 10.8. The van der Waals surface area contributed by atoms with Crippen LogP contribution in [0.5, 0.6) is 0 Å². The number of rotatable bonds is 9. The lowest BCUT2D eigenvalue weighted by Crippen LogP contribution is -2.57. The maximum Gasteiger partial charge on any atom is 0.194 e. The van der Waals surface area contributed by atoms with Crippen LogP contribution in [0.3, 0.4) is 0 Å². The summed E-state index contributed by atoms with van der Waals surface area (Å²) in [6.07, 6.45) is 3.82. The summed E-state index contributed by atoms with van der Waals surface area (Å²) in [6.45, 7) is 21.6. The fourth-order valence-electron chi connectivity index (χ4n) is 3.36. The van der Waals surface area contributed by atoms with Crippen molar-refractivity contribution in [2.75, 3.05) is 45.0 Å². The molecule has 1 unspecified atom stereocenters. The minimum absolute atomic E-state index is 0. The molecule has 0 aromatic carbocycles. The predicted octanol–water partition coefficient (Wildman–Crippen LogP) is 2.78. The summed E-state index contributed by atoms with van der Waals surface area (Å²) in [7, 11) is -3.07. The molecule has 1 atom stereocenters. The zero-order chi connectivity index (χ0) is 20.7. The van der Waals surface area contributed by atoms with Gasteiger partial charge in [0.15, 0.2) is 15.8 Å². The first-order valence-electron chi connectivity index (χ1n) is 9.81. The van der Waals surface area contributed by atoms with Crippen LogP contribution in [-0.2, 0) is 9.84 Å². The van der Waals surface area contributed by atoms with E-state index in [0.717, 1.165) is 25.6 Å². The van der Waals surface area contributed by atoms with Gasteiger partial charge in [-0.05, 0) is 26.7 Å². The van der Waals surface area contributed by atoms with Gasteiger partial charge >= 0.3 is 0 Å². The number of hydrogen-bond donors (Lipinski definition) is 1. The lowest BCUT2D eigenvalue weighted by Gasteiger charge is -2.39. The molecule has 1 saturated heterocycles. The van der Waals surface area contributed by atoms with E-state index in [1.54, 1.807) is 13.8 Å². The molecule has 0 radical (unpaired) electrons. The topological polar surface area (TPSA) is 65.0 Å². The Balaban J connectivity index is 0.00000729. The molecule has 0 amide bonds. The third-order valence-electron chi connectivity index (χ3n) is 5.07. The molecule has 1 aliphatic heterocycles. The van der Waals surface area contributed by atoms with Gasteiger partial charge in [-0.1, -0.05) is 26.0 Å². The van der Waals surface area contributed by atoms with Crippen molar-refractivity contribution in [2.24, 2.45) is 10.9 Å². The number of nitrogens with zero attached hydrogens (tertiary/aromatic N) is 3. The highest BCUT2D eigenvalue weighted by Gasteiger charge is 2.41. The molecule has 6 nitrogen and oxygen atoms in total. The molecule has 28 heavy (non-hydrogen) atoms. The third kappa shape index (κ3) is 7.33. The minimum Gasteiger partial charge on any atom is -0.357 e. The van der Waals surface area contributed by atoms with E-state index in [0.29, 0.717) is 25.6 Å². The van der Waals surface area contributed by atoms with Gasteiger partial charge in [0, 0.05) is 38.8 Å². The van der Waals surface area contributed by atoms with Crippen LogP contribution < -0.4 is 5.32 Å². The second-order valence-electron chi connectivity index (χ2n) is 8.04. The third-order valence-corrected chi connectivity index (χ3v) is 7.60. The molecule has 0 bridgehead atoms. The standard InChI is InChI=1S/C20H38N4O2S.HI/c1-8-11-23(12-9-2)18(17(4)5)15-22-19(21-10-3)24-13-14-27(25,26)20(6,7)16-24;/h8-9,17-18H,1-2,10-16H2,3-7H3,(H,21,22);1H. The largest absolute Gasteiger partial charge is 0.357 e. The molecular weight excluding hydrogens is 487 g/mol. The highest BCUT2D eigenvalue weighted by atomic mass is 127. The Morgan fingerprint density at radius 2 is 1.86 bits per heavy atom. The number of halogens is 1. The summed E-state index contributed by atoms with van der Waals surface area (Å²) in [5, 5.41) is 3.34. The molecule has 0 aliphatic carbocycles. The average molecular weight is 527 g/mol. The van der Waals surface area contributed by atoms with Gasteiger partial charge in [-0.15, -0.1) is 37.1 Å². The molecule has 0 aromatic rings. The maximum atomic E-state index is 12.3. The molecule has 0 spiro atoms. The molecular formula is C20H39IN4O2S. The first kappa shape index (κ1) is 27.4. The molecule has 1 rings (SSSR count). The van der Waals surface area contributed by atoms with Gasteiger partial charge in [0.25, 0.3) is 0 Å². The Labute approximate surface area is 189 Å². The van der Waals surface area contributed by atoms with Gasteiger partial charge in [-0.3, -0.25) is 9.89 Å². The Morgan fingerprint density at radius 1 is 1.29 bits per heavy atom. The zero-order valence-electron chi connectivity index (χ0n) is 18.1. The van der Waals surface area contributed by atoms with Crippen LogP contribution in [0.25, 0.3) is 0 Å². The maximum absolute atomic E-state index is 12.3. The second kappa shape index (κ2) is 12.2. The van der Waals surface area contributed by atoms with Crippen LogP contribution in [-0.4, -0.2) is 80.0 Å². The van der Waals surface area contributed by atoms with Crippen LogP contribution in [0.2, 0.25) is 0 Å². The molecule has 0 saturated carbocycles. The predicted molar refractivity (Wildman–Crippen MR) is 131 cm³/mol. The molecule has 1 aliphatic rings. The fourth-order valence-corrected chi connectivity index (χ4v) is 4.72. The van der Waals surface area contributed by atoms with Crippen molar-refractivity contribution >= 4 is 39.8 Å². The van der Waals surface area contributed by atoms with E-state index < -0.39 is 14.6 Å². The zero-order valence-corrected chi connectivity index (χ0v) is 21.3. The molecule has 8 heteroatoms. The Kier molecular flexibility index (Phi) is 11.9. The number of aliphatic imine (C=N–C) groups is 1. The summed E-state index contributed by atoms with van der Waals surface area (Å²) in [5.41, 5.74) is 0. The minimum atomic E-state index is -3.07. The molecule has 1 heterocycles. The van der Waals surface area contributed by atoms with Gasteiger partial charge < -0.3 is 10.2 Å². The van der Waals surface area contributed by atoms with E-state index in [1.807, 2.05) is 19.1 Å². The van der Waals surface area contributed by atoms with E-state index in [9.17, 15) is 8.42 Å². The number of sulfone groups is 1. The number of nitrogens with one attached hydrogen (secondary N) is 1. The van der Waals surface area contributed by atoms with E-state index in [-0.39, 0.29) is 35.8 Å². The summed E-state index contributed by atoms with van der Waals surface area (Å²) in [5.74, 6) is 1.38. The quantitative estimate of drug-likeness (QED) is 0.217. The molecule has 164 valence electrons. The molecule has 1 N–H and O–H groups in total. The fraction of sp³-hybridized carbons (Fsp3) is 0.750. The van der Waals surface area contributed by atoms with Gasteiger partial charge in [-0.2, -0.15) is 0 Å². The average Bonchev–Trinajstić information content (AvgIpc) is 2.56. The number of guanidine groups is 1. The normalized spacial score (nSPS) is 19.8. The van der Waals surface area contributed by atoms with Gasteiger partial charge in [0.2, 0.25) is 0 Å². The summed E-state index contributed by atoms with van der Waals surface area (Å²) >= 11 is 0.